The van der Waals surface area contributed by atoms with Crippen molar-refractivity contribution in [1.29, 1.82) is 0 Å². The predicted octanol–water partition coefficient (Wildman–Crippen LogP) is 3.89. The van der Waals surface area contributed by atoms with E-state index in [2.05, 4.69) is 18.9 Å². The quantitative estimate of drug-likeness (QED) is 0.751. The summed E-state index contributed by atoms with van der Waals surface area (Å²) in [5.41, 5.74) is 0. The molecule has 1 aliphatic heterocycles. The number of hydrogen-bond donors (Lipinski definition) is 0. The normalized spacial score (nSPS) is 33.7. The number of fused-ring (bicyclic) bond motifs is 1. The lowest BCUT2D eigenvalue weighted by molar-refractivity contribution is -0.123. The molecule has 2 heteroatoms. The van der Waals surface area contributed by atoms with E-state index in [1.807, 2.05) is 6.92 Å². The largest absolute Gasteiger partial charge is 0.302 e. The number of carbonyl (C=O) groups is 1. The Morgan fingerprint density at radius 1 is 1.26 bits per heavy atom. The molecule has 1 saturated heterocycles. The van der Waals surface area contributed by atoms with E-state index in [0.717, 1.165) is 18.3 Å². The lowest BCUT2D eigenvalue weighted by atomic mass is 9.78. The number of nitrogens with zero attached hydrogens (tertiary/aromatic N) is 1. The van der Waals surface area contributed by atoms with Crippen molar-refractivity contribution in [2.75, 3.05) is 13.6 Å². The molecule has 0 N–H and O–H groups in total. The van der Waals surface area contributed by atoms with E-state index in [-0.39, 0.29) is 5.92 Å². The molecule has 4 atom stereocenters. The van der Waals surface area contributed by atoms with Gasteiger partial charge in [-0.2, -0.15) is 0 Å². The van der Waals surface area contributed by atoms with Gasteiger partial charge >= 0.3 is 0 Å². The average molecular weight is 265 g/mol. The van der Waals surface area contributed by atoms with Crippen LogP contribution in [0.1, 0.15) is 65.2 Å². The maximum atomic E-state index is 12.1. The molecule has 0 aromatic heterocycles. The van der Waals surface area contributed by atoms with E-state index in [1.54, 1.807) is 0 Å². The van der Waals surface area contributed by atoms with Crippen molar-refractivity contribution in [3.63, 3.8) is 0 Å². The van der Waals surface area contributed by atoms with Gasteiger partial charge in [0.25, 0.3) is 0 Å². The third-order valence-electron chi connectivity index (χ3n) is 5.49. The molecule has 2 fully saturated rings. The molecule has 0 aromatic carbocycles. The van der Waals surface area contributed by atoms with Crippen molar-refractivity contribution in [1.82, 2.24) is 4.90 Å². The highest BCUT2D eigenvalue weighted by molar-refractivity contribution is 5.79. The fourth-order valence-corrected chi connectivity index (χ4v) is 4.55. The van der Waals surface area contributed by atoms with Crippen LogP contribution < -0.4 is 0 Å². The maximum Gasteiger partial charge on any atom is 0.134 e. The van der Waals surface area contributed by atoms with Crippen LogP contribution in [0.25, 0.3) is 0 Å². The van der Waals surface area contributed by atoms with Crippen molar-refractivity contribution in [3.8, 4) is 0 Å². The van der Waals surface area contributed by atoms with E-state index in [9.17, 15) is 4.79 Å². The molecular weight excluding hydrogens is 234 g/mol. The number of hydrogen-bond acceptors (Lipinski definition) is 2. The molecule has 0 aromatic rings. The first kappa shape index (κ1) is 15.0. The van der Waals surface area contributed by atoms with Crippen LogP contribution in [0.15, 0.2) is 0 Å². The second kappa shape index (κ2) is 6.88. The Morgan fingerprint density at radius 3 is 2.68 bits per heavy atom. The Balaban J connectivity index is 2.11. The molecule has 1 saturated carbocycles. The highest BCUT2D eigenvalue weighted by atomic mass is 16.1. The van der Waals surface area contributed by atoms with Gasteiger partial charge in [-0.15, -0.1) is 0 Å². The van der Waals surface area contributed by atoms with Crippen molar-refractivity contribution >= 4 is 5.78 Å². The van der Waals surface area contributed by atoms with Gasteiger partial charge in [0.15, 0.2) is 0 Å². The minimum atomic E-state index is 0.290. The monoisotopic (exact) mass is 265 g/mol. The van der Waals surface area contributed by atoms with Crippen LogP contribution in [0.3, 0.4) is 0 Å². The first-order valence-electron chi connectivity index (χ1n) is 8.35. The summed E-state index contributed by atoms with van der Waals surface area (Å²) < 4.78 is 0. The minimum Gasteiger partial charge on any atom is -0.302 e. The van der Waals surface area contributed by atoms with Crippen molar-refractivity contribution in [2.45, 2.75) is 71.3 Å². The van der Waals surface area contributed by atoms with E-state index >= 15 is 0 Å². The molecule has 2 aliphatic rings. The topological polar surface area (TPSA) is 20.3 Å². The Morgan fingerprint density at radius 2 is 2.00 bits per heavy atom. The van der Waals surface area contributed by atoms with Crippen LogP contribution in [0.5, 0.6) is 0 Å². The van der Waals surface area contributed by atoms with E-state index < -0.39 is 0 Å². The summed E-state index contributed by atoms with van der Waals surface area (Å²) in [5.74, 6) is 2.37. The molecule has 1 aliphatic carbocycles. The maximum absolute atomic E-state index is 12.1. The Kier molecular flexibility index (Phi) is 5.44. The van der Waals surface area contributed by atoms with Crippen LogP contribution in [-0.2, 0) is 4.79 Å². The SMILES string of the molecule is CCCCC(C(C)=O)C1C2CCCCCC2CN1C. The molecule has 0 bridgehead atoms. The lowest BCUT2D eigenvalue weighted by Crippen LogP contribution is -2.40. The molecule has 0 radical (unpaired) electrons. The molecule has 19 heavy (non-hydrogen) atoms. The summed E-state index contributed by atoms with van der Waals surface area (Å²) >= 11 is 0. The molecule has 110 valence electrons. The summed E-state index contributed by atoms with van der Waals surface area (Å²) in [4.78, 5) is 14.6. The highest BCUT2D eigenvalue weighted by Gasteiger charge is 2.44. The van der Waals surface area contributed by atoms with Gasteiger partial charge in [0.05, 0.1) is 0 Å². The third-order valence-corrected chi connectivity index (χ3v) is 5.49. The summed E-state index contributed by atoms with van der Waals surface area (Å²) in [6.45, 7) is 5.27. The van der Waals surface area contributed by atoms with Gasteiger partial charge in [-0.05, 0) is 45.1 Å². The van der Waals surface area contributed by atoms with Crippen LogP contribution in [0, 0.1) is 17.8 Å². The Bertz CT molecular complexity index is 302. The van der Waals surface area contributed by atoms with Crippen molar-refractivity contribution in [3.05, 3.63) is 0 Å². The molecule has 0 amide bonds. The number of unbranched alkanes of at least 4 members (excludes halogenated alkanes) is 1. The third kappa shape index (κ3) is 3.39. The number of rotatable bonds is 5. The van der Waals surface area contributed by atoms with Crippen LogP contribution in [0.4, 0.5) is 0 Å². The van der Waals surface area contributed by atoms with Gasteiger partial charge in [-0.3, -0.25) is 4.79 Å². The second-order valence-corrected chi connectivity index (χ2v) is 6.85. The van der Waals surface area contributed by atoms with Crippen molar-refractivity contribution < 1.29 is 4.79 Å². The van der Waals surface area contributed by atoms with Gasteiger partial charge in [0, 0.05) is 18.5 Å². The van der Waals surface area contributed by atoms with Crippen LogP contribution in [-0.4, -0.2) is 30.3 Å². The zero-order valence-electron chi connectivity index (χ0n) is 13.0. The van der Waals surface area contributed by atoms with Gasteiger partial charge in [-0.25, -0.2) is 0 Å². The summed E-state index contributed by atoms with van der Waals surface area (Å²) in [5, 5.41) is 0. The van der Waals surface area contributed by atoms with E-state index in [0.29, 0.717) is 11.8 Å². The van der Waals surface area contributed by atoms with E-state index in [1.165, 1.54) is 51.5 Å². The number of Topliss-reactive ketones (excluding diaryl/α,β-unsaturated/α-hetero) is 1. The fraction of sp³-hybridized carbons (Fsp3) is 0.941. The number of carbonyl (C=O) groups excluding carboxylic acids is 1. The molecule has 4 unspecified atom stereocenters. The zero-order valence-corrected chi connectivity index (χ0v) is 13.0. The average Bonchev–Trinajstić information content (AvgIpc) is 2.54. The van der Waals surface area contributed by atoms with E-state index in [4.69, 9.17) is 0 Å². The number of ketones is 1. The highest BCUT2D eigenvalue weighted by Crippen LogP contribution is 2.42. The van der Waals surface area contributed by atoms with Crippen molar-refractivity contribution in [2.24, 2.45) is 17.8 Å². The molecule has 2 nitrogen and oxygen atoms in total. The second-order valence-electron chi connectivity index (χ2n) is 6.85. The summed E-state index contributed by atoms with van der Waals surface area (Å²) in [6, 6.07) is 0.534. The first-order chi connectivity index (χ1) is 9.15. The van der Waals surface area contributed by atoms with Crippen LogP contribution in [0.2, 0.25) is 0 Å². The van der Waals surface area contributed by atoms with Gasteiger partial charge in [0.1, 0.15) is 5.78 Å². The Labute approximate surface area is 118 Å². The zero-order chi connectivity index (χ0) is 13.8. The van der Waals surface area contributed by atoms with Crippen LogP contribution >= 0.6 is 0 Å². The predicted molar refractivity (Wildman–Crippen MR) is 80.2 cm³/mol. The first-order valence-corrected chi connectivity index (χ1v) is 8.35. The van der Waals surface area contributed by atoms with Gasteiger partial charge in [0.2, 0.25) is 0 Å². The smallest absolute Gasteiger partial charge is 0.134 e. The minimum absolute atomic E-state index is 0.290. The summed E-state index contributed by atoms with van der Waals surface area (Å²) in [7, 11) is 2.25. The van der Waals surface area contributed by atoms with Gasteiger partial charge in [-0.1, -0.05) is 39.0 Å². The lowest BCUT2D eigenvalue weighted by Gasteiger charge is -2.32. The molecular formula is C17H31NO. The number of likely N-dealkylation sites (tertiary alicyclic amines) is 1. The van der Waals surface area contributed by atoms with Gasteiger partial charge < -0.3 is 4.90 Å². The summed E-state index contributed by atoms with van der Waals surface area (Å²) in [6.07, 6.45) is 10.4. The standard InChI is InChI=1S/C17H31NO/c1-4-5-10-15(13(2)19)17-16-11-8-6-7-9-14(16)12-18(17)3/h14-17H,4-12H2,1-3H3. The molecule has 0 spiro atoms. The molecule has 1 heterocycles. The Hall–Kier alpha value is -0.370. The molecule has 2 rings (SSSR count). The fourth-order valence-electron chi connectivity index (χ4n) is 4.55.